The van der Waals surface area contributed by atoms with E-state index >= 15 is 0 Å². The molecule has 122 valence electrons. The van der Waals surface area contributed by atoms with Gasteiger partial charge in [-0.15, -0.1) is 0 Å². The van der Waals surface area contributed by atoms with Gasteiger partial charge in [0.1, 0.15) is 0 Å². The number of hydrogen-bond donors (Lipinski definition) is 1. The Balaban J connectivity index is 1.71. The molecule has 3 rings (SSSR count). The topological polar surface area (TPSA) is 60.5 Å². The van der Waals surface area contributed by atoms with E-state index in [4.69, 9.17) is 9.47 Å². The standard InChI is InChI=1S/C19H18N2O3/c1-13(2)19(15-7-9-20-10-8-15)21-18(22)6-4-14-3-5-16-17(11-14)24-12-23-16/h3,5,7-11,13,19H,12H2,1-2H3,(H,21,22)/t19-/m0/s1. The molecule has 1 N–H and O–H groups in total. The molecule has 0 fully saturated rings. The van der Waals surface area contributed by atoms with Crippen LogP contribution in [0.3, 0.4) is 0 Å². The van der Waals surface area contributed by atoms with E-state index < -0.39 is 0 Å². The zero-order chi connectivity index (χ0) is 16.9. The van der Waals surface area contributed by atoms with E-state index in [1.54, 1.807) is 30.6 Å². The summed E-state index contributed by atoms with van der Waals surface area (Å²) in [6.07, 6.45) is 3.43. The van der Waals surface area contributed by atoms with E-state index in [0.29, 0.717) is 17.1 Å². The highest BCUT2D eigenvalue weighted by molar-refractivity contribution is 5.94. The predicted octanol–water partition coefficient (Wildman–Crippen LogP) is 2.68. The summed E-state index contributed by atoms with van der Waals surface area (Å²) in [6.45, 7) is 4.32. The van der Waals surface area contributed by atoms with Crippen molar-refractivity contribution in [2.24, 2.45) is 5.92 Å². The molecule has 1 aromatic heterocycles. The third-order valence-corrected chi connectivity index (χ3v) is 3.71. The van der Waals surface area contributed by atoms with Crippen LogP contribution in [0.25, 0.3) is 0 Å². The molecule has 1 aliphatic heterocycles. The van der Waals surface area contributed by atoms with Gasteiger partial charge in [-0.25, -0.2) is 0 Å². The number of carbonyl (C=O) groups is 1. The summed E-state index contributed by atoms with van der Waals surface area (Å²) in [5, 5.41) is 2.96. The number of nitrogens with one attached hydrogen (secondary N) is 1. The highest BCUT2D eigenvalue weighted by Gasteiger charge is 2.17. The van der Waals surface area contributed by atoms with E-state index in [9.17, 15) is 4.79 Å². The molecule has 0 spiro atoms. The van der Waals surface area contributed by atoms with E-state index in [2.05, 4.69) is 36.0 Å². The number of hydrogen-bond acceptors (Lipinski definition) is 4. The highest BCUT2D eigenvalue weighted by Crippen LogP contribution is 2.32. The lowest BCUT2D eigenvalue weighted by atomic mass is 9.97. The van der Waals surface area contributed by atoms with Crippen LogP contribution in [-0.4, -0.2) is 17.7 Å². The second kappa shape index (κ2) is 7.05. The number of rotatable bonds is 3. The van der Waals surface area contributed by atoms with Crippen molar-refractivity contribution in [2.45, 2.75) is 19.9 Å². The van der Waals surface area contributed by atoms with Gasteiger partial charge >= 0.3 is 0 Å². The zero-order valence-corrected chi connectivity index (χ0v) is 13.6. The molecule has 1 atom stereocenters. The summed E-state index contributed by atoms with van der Waals surface area (Å²) in [5.41, 5.74) is 1.72. The van der Waals surface area contributed by atoms with Crippen molar-refractivity contribution in [1.29, 1.82) is 0 Å². The van der Waals surface area contributed by atoms with E-state index in [0.717, 1.165) is 5.56 Å². The molecule has 1 aromatic carbocycles. The third kappa shape index (κ3) is 3.66. The molecular weight excluding hydrogens is 304 g/mol. The Hall–Kier alpha value is -3.00. The Kier molecular flexibility index (Phi) is 4.66. The molecule has 1 aliphatic rings. The van der Waals surface area contributed by atoms with E-state index in [1.807, 2.05) is 12.1 Å². The Bertz CT molecular complexity index is 791. The Morgan fingerprint density at radius 2 is 1.92 bits per heavy atom. The smallest absolute Gasteiger partial charge is 0.296 e. The second-order valence-corrected chi connectivity index (χ2v) is 5.79. The zero-order valence-electron chi connectivity index (χ0n) is 13.6. The van der Waals surface area contributed by atoms with Crippen LogP contribution in [-0.2, 0) is 4.79 Å². The summed E-state index contributed by atoms with van der Waals surface area (Å²) in [7, 11) is 0. The first-order valence-corrected chi connectivity index (χ1v) is 7.75. The van der Waals surface area contributed by atoms with Crippen LogP contribution >= 0.6 is 0 Å². The molecule has 0 saturated carbocycles. The predicted molar refractivity (Wildman–Crippen MR) is 89.4 cm³/mol. The van der Waals surface area contributed by atoms with Gasteiger partial charge in [-0.3, -0.25) is 9.78 Å². The van der Waals surface area contributed by atoms with Gasteiger partial charge in [0.05, 0.1) is 6.04 Å². The summed E-state index contributed by atoms with van der Waals surface area (Å²) in [5.74, 6) is 6.76. The second-order valence-electron chi connectivity index (χ2n) is 5.79. The maximum atomic E-state index is 12.2. The van der Waals surface area contributed by atoms with Gasteiger partial charge in [-0.2, -0.15) is 0 Å². The molecule has 0 unspecified atom stereocenters. The Morgan fingerprint density at radius 3 is 2.67 bits per heavy atom. The van der Waals surface area contributed by atoms with Crippen LogP contribution in [0.15, 0.2) is 42.7 Å². The number of carbonyl (C=O) groups excluding carboxylic acids is 1. The number of ether oxygens (including phenoxy) is 2. The van der Waals surface area contributed by atoms with Gasteiger partial charge in [0.2, 0.25) is 6.79 Å². The van der Waals surface area contributed by atoms with Crippen molar-refractivity contribution in [3.8, 4) is 23.3 Å². The molecule has 5 nitrogen and oxygen atoms in total. The molecule has 2 heterocycles. The molecular formula is C19H18N2O3. The largest absolute Gasteiger partial charge is 0.454 e. The molecule has 0 bridgehead atoms. The molecule has 1 amide bonds. The molecule has 0 radical (unpaired) electrons. The summed E-state index contributed by atoms with van der Waals surface area (Å²) >= 11 is 0. The highest BCUT2D eigenvalue weighted by atomic mass is 16.7. The van der Waals surface area contributed by atoms with Gasteiger partial charge in [-0.05, 0) is 41.8 Å². The van der Waals surface area contributed by atoms with Gasteiger partial charge in [0, 0.05) is 23.9 Å². The molecule has 5 heteroatoms. The first kappa shape index (κ1) is 15.9. The molecule has 0 saturated heterocycles. The monoisotopic (exact) mass is 322 g/mol. The Labute approximate surface area is 141 Å². The summed E-state index contributed by atoms with van der Waals surface area (Å²) in [4.78, 5) is 16.2. The SMILES string of the molecule is CC(C)[C@H](NC(=O)C#Cc1ccc2c(c1)OCO2)c1ccncc1. The fourth-order valence-electron chi connectivity index (χ4n) is 2.49. The maximum absolute atomic E-state index is 12.2. The van der Waals surface area contributed by atoms with Crippen molar-refractivity contribution in [2.75, 3.05) is 6.79 Å². The lowest BCUT2D eigenvalue weighted by Crippen LogP contribution is -2.30. The van der Waals surface area contributed by atoms with Crippen LogP contribution in [0.5, 0.6) is 11.5 Å². The van der Waals surface area contributed by atoms with E-state index in [-0.39, 0.29) is 24.7 Å². The van der Waals surface area contributed by atoms with Gasteiger partial charge in [-0.1, -0.05) is 19.8 Å². The van der Waals surface area contributed by atoms with Crippen LogP contribution < -0.4 is 14.8 Å². The number of amides is 1. The minimum Gasteiger partial charge on any atom is -0.454 e. The van der Waals surface area contributed by atoms with Gasteiger partial charge in [0.15, 0.2) is 11.5 Å². The Morgan fingerprint density at radius 1 is 1.17 bits per heavy atom. The van der Waals surface area contributed by atoms with Crippen molar-refractivity contribution >= 4 is 5.91 Å². The number of aromatic nitrogens is 1. The van der Waals surface area contributed by atoms with Crippen LogP contribution in [0.2, 0.25) is 0 Å². The molecule has 2 aromatic rings. The third-order valence-electron chi connectivity index (χ3n) is 3.71. The van der Waals surface area contributed by atoms with Crippen LogP contribution in [0.1, 0.15) is 31.0 Å². The summed E-state index contributed by atoms with van der Waals surface area (Å²) < 4.78 is 10.6. The molecule has 24 heavy (non-hydrogen) atoms. The first-order valence-electron chi connectivity index (χ1n) is 7.75. The fraction of sp³-hybridized carbons (Fsp3) is 0.263. The van der Waals surface area contributed by atoms with Crippen molar-refractivity contribution < 1.29 is 14.3 Å². The number of nitrogens with zero attached hydrogens (tertiary/aromatic N) is 1. The fourth-order valence-corrected chi connectivity index (χ4v) is 2.49. The van der Waals surface area contributed by atoms with Gasteiger partial charge < -0.3 is 14.8 Å². The minimum absolute atomic E-state index is 0.105. The maximum Gasteiger partial charge on any atom is 0.296 e. The van der Waals surface area contributed by atoms with Crippen molar-refractivity contribution in [3.05, 3.63) is 53.9 Å². The number of pyridine rings is 1. The quantitative estimate of drug-likeness (QED) is 0.883. The van der Waals surface area contributed by atoms with Crippen molar-refractivity contribution in [1.82, 2.24) is 10.3 Å². The average Bonchev–Trinajstić information content (AvgIpc) is 3.06. The number of benzene rings is 1. The van der Waals surface area contributed by atoms with E-state index in [1.165, 1.54) is 0 Å². The van der Waals surface area contributed by atoms with Crippen LogP contribution in [0.4, 0.5) is 0 Å². The van der Waals surface area contributed by atoms with Crippen LogP contribution in [0, 0.1) is 17.8 Å². The lowest BCUT2D eigenvalue weighted by molar-refractivity contribution is -0.116. The molecule has 0 aliphatic carbocycles. The van der Waals surface area contributed by atoms with Gasteiger partial charge in [0.25, 0.3) is 5.91 Å². The average molecular weight is 322 g/mol. The lowest BCUT2D eigenvalue weighted by Gasteiger charge is -2.21. The summed E-state index contributed by atoms with van der Waals surface area (Å²) in [6, 6.07) is 9.05. The normalized spacial score (nSPS) is 13.1. The first-order chi connectivity index (χ1) is 11.6. The minimum atomic E-state index is -0.317. The van der Waals surface area contributed by atoms with Crippen molar-refractivity contribution in [3.63, 3.8) is 0 Å². The number of fused-ring (bicyclic) bond motifs is 1.